The van der Waals surface area contributed by atoms with E-state index in [9.17, 15) is 28.3 Å². The number of hydrogen-bond donors (Lipinski definition) is 2. The number of likely N-dealkylation sites (tertiary alicyclic amines) is 1. The zero-order valence-corrected chi connectivity index (χ0v) is 19.7. The monoisotopic (exact) mass is 501 g/mol. The second-order valence-corrected chi connectivity index (χ2v) is 8.70. The van der Waals surface area contributed by atoms with E-state index in [1.807, 2.05) is 25.1 Å². The number of nitrogens with zero attached hydrogens (tertiary/aromatic N) is 4. The van der Waals surface area contributed by atoms with Crippen molar-refractivity contribution in [2.75, 3.05) is 37.4 Å². The molecule has 0 radical (unpaired) electrons. The van der Waals surface area contributed by atoms with Gasteiger partial charge in [-0.05, 0) is 24.3 Å². The van der Waals surface area contributed by atoms with Crippen molar-refractivity contribution in [3.8, 4) is 11.5 Å². The second-order valence-electron chi connectivity index (χ2n) is 8.70. The van der Waals surface area contributed by atoms with E-state index in [0.29, 0.717) is 5.75 Å². The molecule has 2 aromatic carbocycles. The Morgan fingerprint density at radius 3 is 2.58 bits per heavy atom. The average Bonchev–Trinajstić information content (AvgIpc) is 2.81. The van der Waals surface area contributed by atoms with Gasteiger partial charge in [-0.25, -0.2) is 18.6 Å². The van der Waals surface area contributed by atoms with Crippen LogP contribution in [0.3, 0.4) is 0 Å². The summed E-state index contributed by atoms with van der Waals surface area (Å²) in [6, 6.07) is 9.80. The highest BCUT2D eigenvalue weighted by Crippen LogP contribution is 2.34. The Morgan fingerprint density at radius 2 is 1.92 bits per heavy atom. The van der Waals surface area contributed by atoms with Gasteiger partial charge in [0.05, 0.1) is 22.9 Å². The fourth-order valence-electron chi connectivity index (χ4n) is 3.88. The summed E-state index contributed by atoms with van der Waals surface area (Å²) in [6.45, 7) is -0.533. The molecule has 0 bridgehead atoms. The van der Waals surface area contributed by atoms with E-state index < -0.39 is 36.3 Å². The molecule has 1 aliphatic heterocycles. The van der Waals surface area contributed by atoms with Crippen molar-refractivity contribution in [3.05, 3.63) is 53.1 Å². The Hall–Kier alpha value is -4.22. The largest absolute Gasteiger partial charge is 0.465 e. The fraction of sp³-hybridized carbons (Fsp3) is 0.333. The van der Waals surface area contributed by atoms with Crippen molar-refractivity contribution in [3.63, 3.8) is 0 Å². The second kappa shape index (κ2) is 9.80. The molecule has 2 amide bonds. The smallest absolute Gasteiger partial charge is 0.409 e. The summed E-state index contributed by atoms with van der Waals surface area (Å²) in [5, 5.41) is 11.6. The van der Waals surface area contributed by atoms with Crippen LogP contribution < -0.4 is 20.5 Å². The Kier molecular flexibility index (Phi) is 6.77. The number of aromatic nitrogens is 2. The van der Waals surface area contributed by atoms with Crippen LogP contribution in [0.2, 0.25) is 0 Å². The lowest BCUT2D eigenvalue weighted by Gasteiger charge is -2.31. The lowest BCUT2D eigenvalue weighted by molar-refractivity contribution is -0.137. The first kappa shape index (κ1) is 24.9. The summed E-state index contributed by atoms with van der Waals surface area (Å²) < 4.78 is 33.9. The highest BCUT2D eigenvalue weighted by molar-refractivity contribution is 5.92. The number of carboxylic acid groups (broad SMARTS) is 1. The number of benzene rings is 2. The molecule has 3 aromatic rings. The fourth-order valence-corrected chi connectivity index (χ4v) is 3.88. The van der Waals surface area contributed by atoms with E-state index >= 15 is 0 Å². The van der Waals surface area contributed by atoms with Crippen molar-refractivity contribution < 1.29 is 28.2 Å². The Bertz CT molecular complexity index is 1360. The lowest BCUT2D eigenvalue weighted by atomic mass is 10.1. The molecule has 12 heteroatoms. The number of amides is 2. The van der Waals surface area contributed by atoms with E-state index in [2.05, 4.69) is 10.3 Å². The van der Waals surface area contributed by atoms with Crippen LogP contribution in [0.1, 0.15) is 12.8 Å². The molecular formula is C24H25F2N5O5. The number of anilines is 2. The van der Waals surface area contributed by atoms with E-state index in [0.717, 1.165) is 10.3 Å². The summed E-state index contributed by atoms with van der Waals surface area (Å²) in [6.07, 6.45) is -0.989. The maximum atomic E-state index is 13.4. The van der Waals surface area contributed by atoms with Gasteiger partial charge in [-0.15, -0.1) is 0 Å². The molecule has 1 aromatic heterocycles. The number of carbonyl (C=O) groups is 2. The predicted octanol–water partition coefficient (Wildman–Crippen LogP) is 3.60. The number of alkyl halides is 2. The van der Waals surface area contributed by atoms with Crippen LogP contribution in [0.4, 0.5) is 25.0 Å². The van der Waals surface area contributed by atoms with Gasteiger partial charge >= 0.3 is 6.09 Å². The molecule has 0 aliphatic carbocycles. The number of ether oxygens (including phenoxy) is 1. The minimum Gasteiger partial charge on any atom is -0.465 e. The van der Waals surface area contributed by atoms with Gasteiger partial charge in [-0.2, -0.15) is 0 Å². The van der Waals surface area contributed by atoms with E-state index in [1.165, 1.54) is 23.4 Å². The molecule has 1 aliphatic rings. The molecular weight excluding hydrogens is 476 g/mol. The molecule has 36 heavy (non-hydrogen) atoms. The molecule has 10 nitrogen and oxygen atoms in total. The highest BCUT2D eigenvalue weighted by Gasteiger charge is 2.35. The molecule has 190 valence electrons. The third-order valence-corrected chi connectivity index (χ3v) is 5.88. The standard InChI is InChI=1S/C24H25F2N5O5/c1-29(2)15-4-3-5-16(10-15)36-20-11-17-18(12-19(20)28-23(34)35)27-14-31(22(17)33)13-21(32)30-8-6-24(25,26)7-9-30/h3-5,10-12,14,28H,6-9,13H2,1-2H3,(H,34,35). The first-order valence-corrected chi connectivity index (χ1v) is 11.2. The third-order valence-electron chi connectivity index (χ3n) is 5.88. The van der Waals surface area contributed by atoms with Gasteiger partial charge in [0.15, 0.2) is 5.75 Å². The topological polar surface area (TPSA) is 117 Å². The van der Waals surface area contributed by atoms with Gasteiger partial charge in [0.25, 0.3) is 11.5 Å². The molecule has 0 saturated carbocycles. The number of carbonyl (C=O) groups excluding carboxylic acids is 1. The lowest BCUT2D eigenvalue weighted by Crippen LogP contribution is -2.44. The summed E-state index contributed by atoms with van der Waals surface area (Å²) >= 11 is 0. The van der Waals surface area contributed by atoms with Crippen LogP contribution in [-0.2, 0) is 11.3 Å². The van der Waals surface area contributed by atoms with Crippen molar-refractivity contribution in [2.24, 2.45) is 0 Å². The van der Waals surface area contributed by atoms with E-state index in [-0.39, 0.29) is 42.0 Å². The number of fused-ring (bicyclic) bond motifs is 1. The summed E-state index contributed by atoms with van der Waals surface area (Å²) in [5.41, 5.74) is 0.572. The maximum absolute atomic E-state index is 13.4. The van der Waals surface area contributed by atoms with Gasteiger partial charge in [0, 0.05) is 51.8 Å². The van der Waals surface area contributed by atoms with Crippen LogP contribution in [0.15, 0.2) is 47.5 Å². The van der Waals surface area contributed by atoms with Crippen LogP contribution in [0.25, 0.3) is 10.9 Å². The Labute approximate surface area is 204 Å². The highest BCUT2D eigenvalue weighted by atomic mass is 19.3. The van der Waals surface area contributed by atoms with Crippen molar-refractivity contribution in [1.82, 2.24) is 14.5 Å². The van der Waals surface area contributed by atoms with Gasteiger partial charge in [0.2, 0.25) is 5.91 Å². The molecule has 1 saturated heterocycles. The average molecular weight is 501 g/mol. The number of rotatable bonds is 6. The molecule has 2 N–H and O–H groups in total. The van der Waals surface area contributed by atoms with Gasteiger partial charge in [0.1, 0.15) is 12.3 Å². The first-order valence-electron chi connectivity index (χ1n) is 11.2. The maximum Gasteiger partial charge on any atom is 0.409 e. The number of halogens is 2. The molecule has 1 fully saturated rings. The predicted molar refractivity (Wildman–Crippen MR) is 129 cm³/mol. The molecule has 4 rings (SSSR count). The minimum absolute atomic E-state index is 0.0713. The summed E-state index contributed by atoms with van der Waals surface area (Å²) in [7, 11) is 3.72. The number of nitrogens with one attached hydrogen (secondary N) is 1. The first-order chi connectivity index (χ1) is 17.0. The van der Waals surface area contributed by atoms with Crippen molar-refractivity contribution >= 4 is 34.3 Å². The molecule has 0 atom stereocenters. The number of hydrogen-bond acceptors (Lipinski definition) is 6. The summed E-state index contributed by atoms with van der Waals surface area (Å²) in [4.78, 5) is 44.5. The van der Waals surface area contributed by atoms with Crippen LogP contribution in [0.5, 0.6) is 11.5 Å². The molecule has 0 unspecified atom stereocenters. The van der Waals surface area contributed by atoms with Crippen molar-refractivity contribution in [1.29, 1.82) is 0 Å². The van der Waals surface area contributed by atoms with Crippen LogP contribution in [-0.4, -0.2) is 64.7 Å². The van der Waals surface area contributed by atoms with Gasteiger partial charge in [-0.3, -0.25) is 19.5 Å². The zero-order chi connectivity index (χ0) is 26.0. The normalized spacial score (nSPS) is 14.9. The number of piperidine rings is 1. The van der Waals surface area contributed by atoms with Crippen molar-refractivity contribution in [2.45, 2.75) is 25.3 Å². The van der Waals surface area contributed by atoms with Crippen LogP contribution >= 0.6 is 0 Å². The Morgan fingerprint density at radius 1 is 1.19 bits per heavy atom. The van der Waals surface area contributed by atoms with E-state index in [4.69, 9.17) is 4.74 Å². The van der Waals surface area contributed by atoms with Crippen LogP contribution in [0, 0.1) is 0 Å². The SMILES string of the molecule is CN(C)c1cccc(Oc2cc3c(=O)n(CC(=O)N4CCC(F)(F)CC4)cnc3cc2NC(=O)O)c1. The van der Waals surface area contributed by atoms with Gasteiger partial charge in [-0.1, -0.05) is 6.07 Å². The van der Waals surface area contributed by atoms with E-state index in [1.54, 1.807) is 18.2 Å². The summed E-state index contributed by atoms with van der Waals surface area (Å²) in [5.74, 6) is -2.77. The quantitative estimate of drug-likeness (QED) is 0.530. The van der Waals surface area contributed by atoms with Gasteiger partial charge < -0.3 is 19.6 Å². The molecule has 0 spiro atoms. The molecule has 2 heterocycles. The minimum atomic E-state index is -2.79. The third kappa shape index (κ3) is 5.53. The zero-order valence-electron chi connectivity index (χ0n) is 19.7. The Balaban J connectivity index is 1.66.